The monoisotopic (exact) mass is 874 g/mol. The summed E-state index contributed by atoms with van der Waals surface area (Å²) in [4.78, 5) is 90.1. The number of rotatable bonds is 16. The molecule has 2 saturated heterocycles. The summed E-state index contributed by atoms with van der Waals surface area (Å²) in [6.45, 7) is 15.9. The number of hydrogen-bond donors (Lipinski definition) is 3. The normalized spacial score (nSPS) is 27.5. The van der Waals surface area contributed by atoms with Crippen molar-refractivity contribution in [1.29, 1.82) is 0 Å². The molecule has 0 bridgehead atoms. The van der Waals surface area contributed by atoms with Crippen molar-refractivity contribution in [3.05, 3.63) is 53.1 Å². The topological polar surface area (TPSA) is 187 Å². The van der Waals surface area contributed by atoms with Gasteiger partial charge < -0.3 is 24.5 Å². The van der Waals surface area contributed by atoms with Gasteiger partial charge in [0.1, 0.15) is 18.2 Å². The molecule has 1 aromatic rings. The van der Waals surface area contributed by atoms with Crippen LogP contribution in [0.1, 0.15) is 139 Å². The van der Waals surface area contributed by atoms with Gasteiger partial charge in [0.2, 0.25) is 17.7 Å². The number of cyclic esters (lactones) is 1. The maximum Gasteiger partial charge on any atom is 0.407 e. The molecule has 338 valence electrons. The van der Waals surface area contributed by atoms with Crippen molar-refractivity contribution in [3.63, 3.8) is 0 Å². The Kier molecular flexibility index (Phi) is 15.0. The molecular weight excluding hydrogens is 809 g/mol. The summed E-state index contributed by atoms with van der Waals surface area (Å²) in [7, 11) is -2.04. The molecule has 6 unspecified atom stereocenters. The molecule has 1 aromatic carbocycles. The van der Waals surface area contributed by atoms with Crippen LogP contribution in [0.5, 0.6) is 0 Å². The fourth-order valence-electron chi connectivity index (χ4n) is 9.45. The van der Waals surface area contributed by atoms with Crippen LogP contribution in [0.15, 0.2) is 42.0 Å². The van der Waals surface area contributed by atoms with Gasteiger partial charge in [-0.05, 0) is 92.1 Å². The van der Waals surface area contributed by atoms with Crippen LogP contribution < -0.4 is 16.0 Å². The van der Waals surface area contributed by atoms with Gasteiger partial charge in [-0.1, -0.05) is 78.2 Å². The molecule has 2 fully saturated rings. The van der Waals surface area contributed by atoms with Crippen molar-refractivity contribution < 1.29 is 47.5 Å². The lowest BCUT2D eigenvalue weighted by molar-refractivity contribution is -0.160. The minimum atomic E-state index is -2.04. The van der Waals surface area contributed by atoms with E-state index in [0.29, 0.717) is 25.8 Å². The second-order valence-corrected chi connectivity index (χ2v) is 24.3. The Balaban J connectivity index is 0.910. The van der Waals surface area contributed by atoms with Crippen LogP contribution in [-0.2, 0) is 33.1 Å². The van der Waals surface area contributed by atoms with Gasteiger partial charge in [0.25, 0.3) is 11.8 Å². The summed E-state index contributed by atoms with van der Waals surface area (Å²) in [5, 5.41) is 7.96. The standard InChI is InChI=1S/C47H66N4O10Si/c1-28-24-30-18-17-29(2)33(20-19-31-26-32(27-40(54)59-31)61-62(6,7)47(3,4)5)41(30)37(25-28)60-46(58)48-23-12-10-8-9-11-16-38(52)49-35-15-13-14-34-42(35)45(57)51(44(34)56)36-21-22-39(53)50-43(36)55/h13-15,17-18,24,28-29,31-33,36-37,41H,8-12,16,19-23,25-27H2,1-7H3,(H,48,58)(H,49,52)(H,50,53,55)/t28?,29?,31-,32-,33?,36?,37?,41?/m1/s1. The lowest BCUT2D eigenvalue weighted by Crippen LogP contribution is -2.54. The van der Waals surface area contributed by atoms with Gasteiger partial charge in [-0.15, -0.1) is 0 Å². The van der Waals surface area contributed by atoms with Crippen LogP contribution in [0.3, 0.4) is 0 Å². The zero-order valence-corrected chi connectivity index (χ0v) is 38.5. The molecule has 0 saturated carbocycles. The number of benzene rings is 1. The second kappa shape index (κ2) is 19.8. The van der Waals surface area contributed by atoms with Crippen LogP contribution in [0.2, 0.25) is 18.1 Å². The number of alkyl carbamates (subject to hydrolysis) is 1. The van der Waals surface area contributed by atoms with Gasteiger partial charge in [-0.25, -0.2) is 4.79 Å². The summed E-state index contributed by atoms with van der Waals surface area (Å²) in [6, 6.07) is 3.54. The highest BCUT2D eigenvalue weighted by Gasteiger charge is 2.47. The molecule has 5 aliphatic rings. The molecule has 0 radical (unpaired) electrons. The van der Waals surface area contributed by atoms with E-state index in [9.17, 15) is 33.6 Å². The Morgan fingerprint density at radius 2 is 1.71 bits per heavy atom. The number of nitrogens with zero attached hydrogens (tertiary/aromatic N) is 1. The molecule has 8 atom stereocenters. The molecule has 3 heterocycles. The number of allylic oxidation sites excluding steroid dienone is 3. The van der Waals surface area contributed by atoms with Gasteiger partial charge in [-0.3, -0.25) is 39.0 Å². The number of unbranched alkanes of at least 4 members (excludes halogenated alkanes) is 4. The molecule has 3 aliphatic heterocycles. The number of amides is 6. The van der Waals surface area contributed by atoms with E-state index in [-0.39, 0.29) is 95.0 Å². The first-order valence-corrected chi connectivity index (χ1v) is 25.6. The number of carbonyl (C=O) groups is 7. The van der Waals surface area contributed by atoms with Crippen LogP contribution >= 0.6 is 0 Å². The zero-order valence-electron chi connectivity index (χ0n) is 37.5. The van der Waals surface area contributed by atoms with E-state index in [0.717, 1.165) is 49.8 Å². The Bertz CT molecular complexity index is 1970. The number of fused-ring (bicyclic) bond motifs is 2. The molecule has 0 aromatic heterocycles. The number of carbonyl (C=O) groups excluding carboxylic acids is 7. The summed E-state index contributed by atoms with van der Waals surface area (Å²) in [5.41, 5.74) is 1.58. The molecule has 0 spiro atoms. The van der Waals surface area contributed by atoms with Crippen LogP contribution in [-0.4, -0.2) is 85.7 Å². The predicted molar refractivity (Wildman–Crippen MR) is 235 cm³/mol. The van der Waals surface area contributed by atoms with Crippen LogP contribution in [0.4, 0.5) is 10.5 Å². The van der Waals surface area contributed by atoms with E-state index in [1.165, 1.54) is 11.6 Å². The fourth-order valence-corrected chi connectivity index (χ4v) is 10.8. The average Bonchev–Trinajstić information content (AvgIpc) is 3.43. The van der Waals surface area contributed by atoms with Gasteiger partial charge in [0.05, 0.1) is 29.3 Å². The SMILES string of the molecule is CC1C=C2C=CC(C)C(CC[C@@H]3C[C@@H](O[Si](C)(C)C(C)(C)C)CC(=O)O3)C2C(OC(=O)NCCCCCCCC(=O)Nc2cccc3c2C(=O)N(C2CCC(=O)NC2=O)C3=O)C1. The maximum atomic E-state index is 13.3. The predicted octanol–water partition coefficient (Wildman–Crippen LogP) is 7.74. The molecule has 15 heteroatoms. The van der Waals surface area contributed by atoms with E-state index < -0.39 is 44.1 Å². The number of imide groups is 2. The Labute approximate surface area is 366 Å². The summed E-state index contributed by atoms with van der Waals surface area (Å²) in [6.07, 6.45) is 13.2. The first-order chi connectivity index (χ1) is 29.3. The number of nitrogens with one attached hydrogen (secondary N) is 3. The highest BCUT2D eigenvalue weighted by Crippen LogP contribution is 2.46. The highest BCUT2D eigenvalue weighted by atomic mass is 28.4. The lowest BCUT2D eigenvalue weighted by Gasteiger charge is -2.44. The van der Waals surface area contributed by atoms with Crippen molar-refractivity contribution in [3.8, 4) is 0 Å². The molecule has 6 amide bonds. The minimum absolute atomic E-state index is 0.0213. The first kappa shape index (κ1) is 46.9. The quantitative estimate of drug-likeness (QED) is 0.0642. The van der Waals surface area contributed by atoms with Crippen molar-refractivity contribution in [1.82, 2.24) is 15.5 Å². The third-order valence-corrected chi connectivity index (χ3v) is 18.3. The van der Waals surface area contributed by atoms with Crippen molar-refractivity contribution in [2.45, 2.75) is 161 Å². The van der Waals surface area contributed by atoms with E-state index in [1.54, 1.807) is 12.1 Å². The van der Waals surface area contributed by atoms with E-state index in [1.807, 2.05) is 0 Å². The number of esters is 1. The maximum absolute atomic E-state index is 13.3. The Morgan fingerprint density at radius 1 is 0.968 bits per heavy atom. The van der Waals surface area contributed by atoms with E-state index in [4.69, 9.17) is 13.9 Å². The Hall–Kier alpha value is -4.63. The van der Waals surface area contributed by atoms with Crippen molar-refractivity contribution >= 4 is 55.6 Å². The zero-order chi connectivity index (χ0) is 44.9. The number of hydrogen-bond acceptors (Lipinski definition) is 10. The highest BCUT2D eigenvalue weighted by molar-refractivity contribution is 6.74. The molecule has 14 nitrogen and oxygen atoms in total. The molecule has 2 aliphatic carbocycles. The fraction of sp³-hybridized carbons (Fsp3) is 0.638. The van der Waals surface area contributed by atoms with Crippen molar-refractivity contribution in [2.75, 3.05) is 11.9 Å². The number of anilines is 1. The number of ether oxygens (including phenoxy) is 2. The van der Waals surface area contributed by atoms with Gasteiger partial charge >= 0.3 is 12.1 Å². The third kappa shape index (κ3) is 11.1. The molecule has 6 rings (SSSR count). The van der Waals surface area contributed by atoms with Crippen LogP contribution in [0, 0.1) is 23.7 Å². The third-order valence-electron chi connectivity index (χ3n) is 13.8. The first-order valence-electron chi connectivity index (χ1n) is 22.7. The van der Waals surface area contributed by atoms with Gasteiger partial charge in [0, 0.05) is 31.7 Å². The largest absolute Gasteiger partial charge is 0.462 e. The smallest absolute Gasteiger partial charge is 0.407 e. The molecule has 62 heavy (non-hydrogen) atoms. The summed E-state index contributed by atoms with van der Waals surface area (Å²) < 4.78 is 18.7. The molecular formula is C47H66N4O10Si. The average molecular weight is 875 g/mol. The van der Waals surface area contributed by atoms with Gasteiger partial charge in [0.15, 0.2) is 8.32 Å². The van der Waals surface area contributed by atoms with Crippen molar-refractivity contribution in [2.24, 2.45) is 23.7 Å². The number of piperidine rings is 1. The Morgan fingerprint density at radius 3 is 2.45 bits per heavy atom. The van der Waals surface area contributed by atoms with E-state index >= 15 is 0 Å². The van der Waals surface area contributed by atoms with E-state index in [2.05, 4.69) is 81.9 Å². The second-order valence-electron chi connectivity index (χ2n) is 19.5. The summed E-state index contributed by atoms with van der Waals surface area (Å²) in [5.74, 6) is -2.09. The molecule has 3 N–H and O–H groups in total. The lowest BCUT2D eigenvalue weighted by atomic mass is 9.65. The van der Waals surface area contributed by atoms with Gasteiger partial charge in [-0.2, -0.15) is 0 Å². The minimum Gasteiger partial charge on any atom is -0.462 e. The summed E-state index contributed by atoms with van der Waals surface area (Å²) >= 11 is 0. The van der Waals surface area contributed by atoms with Crippen LogP contribution in [0.25, 0.3) is 0 Å².